The van der Waals surface area contributed by atoms with Crippen LogP contribution in [-0.2, 0) is 4.74 Å². The van der Waals surface area contributed by atoms with E-state index in [0.717, 1.165) is 52.9 Å². The number of nitrogens with zero attached hydrogens (tertiary/aromatic N) is 1. The summed E-state index contributed by atoms with van der Waals surface area (Å²) < 4.78 is 28.4. The maximum Gasteiger partial charge on any atom is 0.203 e. The summed E-state index contributed by atoms with van der Waals surface area (Å²) in [5.41, 5.74) is 3.54. The minimum Gasteiger partial charge on any atom is -0.493 e. The molecule has 1 saturated heterocycles. The standard InChI is InChI=1S/C24H27NO5/c1-15-13-19(18-10-11-21(26-2)24(28-4)23(18)27-3)25-22-17(15)8-5-9-20(22)30-14-16-7-6-12-29-16/h5,8-11,13,16H,6-7,12,14H2,1-4H3. The molecule has 0 radical (unpaired) electrons. The van der Waals surface area contributed by atoms with Gasteiger partial charge < -0.3 is 23.7 Å². The first-order valence-electron chi connectivity index (χ1n) is 10.1. The molecule has 0 spiro atoms. The molecule has 1 aromatic heterocycles. The van der Waals surface area contributed by atoms with Crippen LogP contribution in [0.2, 0.25) is 0 Å². The summed E-state index contributed by atoms with van der Waals surface area (Å²) in [4.78, 5) is 4.95. The molecule has 30 heavy (non-hydrogen) atoms. The van der Waals surface area contributed by atoms with Gasteiger partial charge in [0.2, 0.25) is 5.75 Å². The largest absolute Gasteiger partial charge is 0.493 e. The third-order valence-corrected chi connectivity index (χ3v) is 5.44. The molecular weight excluding hydrogens is 382 g/mol. The van der Waals surface area contributed by atoms with Crippen LogP contribution in [0.25, 0.3) is 22.2 Å². The second-order valence-corrected chi connectivity index (χ2v) is 7.30. The maximum absolute atomic E-state index is 6.12. The SMILES string of the molecule is COc1ccc(-c2cc(C)c3cccc(OCC4CCCO4)c3n2)c(OC)c1OC. The molecule has 0 amide bonds. The fourth-order valence-corrected chi connectivity index (χ4v) is 3.91. The zero-order chi connectivity index (χ0) is 21.1. The second-order valence-electron chi connectivity index (χ2n) is 7.30. The number of rotatable bonds is 7. The van der Waals surface area contributed by atoms with E-state index in [1.54, 1.807) is 21.3 Å². The molecule has 0 bridgehead atoms. The lowest BCUT2D eigenvalue weighted by Crippen LogP contribution is -2.16. The summed E-state index contributed by atoms with van der Waals surface area (Å²) in [6.45, 7) is 3.42. The van der Waals surface area contributed by atoms with Crippen LogP contribution in [0.15, 0.2) is 36.4 Å². The molecule has 1 fully saturated rings. The van der Waals surface area contributed by atoms with E-state index < -0.39 is 0 Å². The summed E-state index contributed by atoms with van der Waals surface area (Å²) in [6, 6.07) is 11.9. The Balaban J connectivity index is 1.79. The predicted molar refractivity (Wildman–Crippen MR) is 116 cm³/mol. The number of hydrogen-bond acceptors (Lipinski definition) is 6. The van der Waals surface area contributed by atoms with Gasteiger partial charge >= 0.3 is 0 Å². The van der Waals surface area contributed by atoms with E-state index in [4.69, 9.17) is 28.7 Å². The smallest absolute Gasteiger partial charge is 0.203 e. The van der Waals surface area contributed by atoms with Gasteiger partial charge in [-0.25, -0.2) is 4.98 Å². The van der Waals surface area contributed by atoms with E-state index in [-0.39, 0.29) is 6.10 Å². The van der Waals surface area contributed by atoms with Gasteiger partial charge in [-0.05, 0) is 49.6 Å². The average Bonchev–Trinajstić information content (AvgIpc) is 3.30. The molecule has 6 nitrogen and oxygen atoms in total. The Hall–Kier alpha value is -2.99. The molecule has 0 aliphatic carbocycles. The molecule has 2 heterocycles. The van der Waals surface area contributed by atoms with Crippen molar-refractivity contribution in [3.8, 4) is 34.3 Å². The number of fused-ring (bicyclic) bond motifs is 1. The van der Waals surface area contributed by atoms with Crippen LogP contribution in [-0.4, -0.2) is 45.6 Å². The van der Waals surface area contributed by atoms with E-state index >= 15 is 0 Å². The van der Waals surface area contributed by atoms with Crippen molar-refractivity contribution in [2.75, 3.05) is 34.5 Å². The normalized spacial score (nSPS) is 15.9. The fraction of sp³-hybridized carbons (Fsp3) is 0.375. The second kappa shape index (κ2) is 8.79. The van der Waals surface area contributed by atoms with Crippen LogP contribution in [0.3, 0.4) is 0 Å². The lowest BCUT2D eigenvalue weighted by atomic mass is 10.0. The van der Waals surface area contributed by atoms with E-state index in [0.29, 0.717) is 23.9 Å². The van der Waals surface area contributed by atoms with Gasteiger partial charge in [0, 0.05) is 17.6 Å². The minimum atomic E-state index is 0.149. The number of methoxy groups -OCH3 is 3. The van der Waals surface area contributed by atoms with Crippen molar-refractivity contribution in [2.45, 2.75) is 25.9 Å². The van der Waals surface area contributed by atoms with Crippen molar-refractivity contribution in [1.82, 2.24) is 4.98 Å². The van der Waals surface area contributed by atoms with Crippen molar-refractivity contribution >= 4 is 10.9 Å². The highest BCUT2D eigenvalue weighted by atomic mass is 16.5. The van der Waals surface area contributed by atoms with Gasteiger partial charge in [-0.2, -0.15) is 0 Å². The van der Waals surface area contributed by atoms with Gasteiger partial charge in [0.1, 0.15) is 17.9 Å². The Morgan fingerprint density at radius 3 is 2.53 bits per heavy atom. The molecule has 1 aliphatic heterocycles. The Morgan fingerprint density at radius 1 is 1.00 bits per heavy atom. The topological polar surface area (TPSA) is 59.0 Å². The highest BCUT2D eigenvalue weighted by Gasteiger charge is 2.20. The van der Waals surface area contributed by atoms with E-state index in [1.165, 1.54) is 0 Å². The molecule has 1 unspecified atom stereocenters. The Kier molecular flexibility index (Phi) is 5.95. The van der Waals surface area contributed by atoms with Crippen LogP contribution in [0.5, 0.6) is 23.0 Å². The molecule has 2 aromatic carbocycles. The van der Waals surface area contributed by atoms with Crippen molar-refractivity contribution in [1.29, 1.82) is 0 Å². The predicted octanol–water partition coefficient (Wildman–Crippen LogP) is 4.79. The van der Waals surface area contributed by atoms with Crippen molar-refractivity contribution < 1.29 is 23.7 Å². The van der Waals surface area contributed by atoms with Crippen LogP contribution < -0.4 is 18.9 Å². The monoisotopic (exact) mass is 409 g/mol. The molecule has 1 aliphatic rings. The number of para-hydroxylation sites is 1. The zero-order valence-electron chi connectivity index (χ0n) is 17.9. The summed E-state index contributed by atoms with van der Waals surface area (Å²) in [6.07, 6.45) is 2.27. The maximum atomic E-state index is 6.12. The van der Waals surface area contributed by atoms with Crippen LogP contribution >= 0.6 is 0 Å². The van der Waals surface area contributed by atoms with Gasteiger partial charge in [-0.1, -0.05) is 12.1 Å². The van der Waals surface area contributed by atoms with Crippen LogP contribution in [0, 0.1) is 6.92 Å². The Labute approximate surface area is 176 Å². The highest BCUT2D eigenvalue weighted by Crippen LogP contribution is 2.44. The molecule has 6 heteroatoms. The highest BCUT2D eigenvalue weighted by molar-refractivity contribution is 5.90. The van der Waals surface area contributed by atoms with E-state index in [9.17, 15) is 0 Å². The molecule has 0 N–H and O–H groups in total. The molecule has 3 aromatic rings. The number of benzene rings is 2. The van der Waals surface area contributed by atoms with Crippen molar-refractivity contribution in [3.63, 3.8) is 0 Å². The molecule has 1 atom stereocenters. The third-order valence-electron chi connectivity index (χ3n) is 5.44. The summed E-state index contributed by atoms with van der Waals surface area (Å²) in [5.74, 6) is 2.49. The lowest BCUT2D eigenvalue weighted by Gasteiger charge is -2.17. The van der Waals surface area contributed by atoms with Crippen molar-refractivity contribution in [2.24, 2.45) is 0 Å². The summed E-state index contributed by atoms with van der Waals surface area (Å²) >= 11 is 0. The molecule has 4 rings (SSSR count). The number of aromatic nitrogens is 1. The van der Waals surface area contributed by atoms with Crippen molar-refractivity contribution in [3.05, 3.63) is 42.0 Å². The molecule has 158 valence electrons. The summed E-state index contributed by atoms with van der Waals surface area (Å²) in [5, 5.41) is 1.06. The quantitative estimate of drug-likeness (QED) is 0.559. The van der Waals surface area contributed by atoms with Gasteiger partial charge in [0.05, 0.1) is 33.1 Å². The average molecular weight is 409 g/mol. The third kappa shape index (κ3) is 3.75. The first-order valence-corrected chi connectivity index (χ1v) is 10.1. The fourth-order valence-electron chi connectivity index (χ4n) is 3.91. The number of ether oxygens (including phenoxy) is 5. The van der Waals surface area contributed by atoms with Gasteiger partial charge in [-0.15, -0.1) is 0 Å². The van der Waals surface area contributed by atoms with E-state index in [1.807, 2.05) is 24.3 Å². The lowest BCUT2D eigenvalue weighted by molar-refractivity contribution is 0.0684. The van der Waals surface area contributed by atoms with Gasteiger partial charge in [0.15, 0.2) is 11.5 Å². The van der Waals surface area contributed by atoms with Gasteiger partial charge in [-0.3, -0.25) is 0 Å². The summed E-state index contributed by atoms with van der Waals surface area (Å²) in [7, 11) is 4.82. The van der Waals surface area contributed by atoms with Crippen LogP contribution in [0.4, 0.5) is 0 Å². The Morgan fingerprint density at radius 2 is 1.83 bits per heavy atom. The molecular formula is C24H27NO5. The zero-order valence-corrected chi connectivity index (χ0v) is 17.9. The van der Waals surface area contributed by atoms with Crippen LogP contribution in [0.1, 0.15) is 18.4 Å². The number of aryl methyl sites for hydroxylation is 1. The number of hydrogen-bond donors (Lipinski definition) is 0. The molecule has 0 saturated carbocycles. The van der Waals surface area contributed by atoms with E-state index in [2.05, 4.69) is 19.1 Å². The minimum absolute atomic E-state index is 0.149. The Bertz CT molecular complexity index is 1040. The van der Waals surface area contributed by atoms with Gasteiger partial charge in [0.25, 0.3) is 0 Å². The first kappa shape index (κ1) is 20.3. The first-order chi connectivity index (χ1) is 14.7. The number of pyridine rings is 1.